The highest BCUT2D eigenvalue weighted by molar-refractivity contribution is 7.91. The molecule has 2 unspecified atom stereocenters. The molecule has 1 amide bonds. The molecule has 1 saturated heterocycles. The van der Waals surface area contributed by atoms with E-state index in [1.807, 2.05) is 0 Å². The van der Waals surface area contributed by atoms with Gasteiger partial charge in [-0.25, -0.2) is 12.8 Å². The zero-order valence-electron chi connectivity index (χ0n) is 10.5. The predicted octanol–water partition coefficient (Wildman–Crippen LogP) is 0.868. The van der Waals surface area contributed by atoms with E-state index in [-0.39, 0.29) is 11.5 Å². The topological polar surface area (TPSA) is 106 Å². The van der Waals surface area contributed by atoms with Gasteiger partial charge in [-0.05, 0) is 6.07 Å². The SMILES string of the molecule is O=C(NC1CS(=O)(=O)CC1Cl)c1ccc([N+](=O)[O-])cc1F. The molecule has 21 heavy (non-hydrogen) atoms. The van der Waals surface area contributed by atoms with Crippen molar-refractivity contribution >= 4 is 33.0 Å². The highest BCUT2D eigenvalue weighted by Crippen LogP contribution is 2.20. The largest absolute Gasteiger partial charge is 0.347 e. The van der Waals surface area contributed by atoms with Gasteiger partial charge in [0.25, 0.3) is 11.6 Å². The van der Waals surface area contributed by atoms with Crippen molar-refractivity contribution in [1.29, 1.82) is 0 Å². The standard InChI is InChI=1S/C11H10ClFN2O5S/c12-8-4-21(19,20)5-10(8)14-11(16)7-2-1-6(15(17)18)3-9(7)13/h1-3,8,10H,4-5H2,(H,14,16). The van der Waals surface area contributed by atoms with Crippen LogP contribution in [0.15, 0.2) is 18.2 Å². The first kappa shape index (κ1) is 15.6. The number of benzene rings is 1. The second-order valence-electron chi connectivity index (χ2n) is 4.59. The third-order valence-electron chi connectivity index (χ3n) is 3.01. The molecule has 1 aliphatic rings. The molecule has 1 aromatic rings. The van der Waals surface area contributed by atoms with Crippen LogP contribution in [0.1, 0.15) is 10.4 Å². The fourth-order valence-corrected chi connectivity index (χ4v) is 4.53. The molecule has 1 heterocycles. The van der Waals surface area contributed by atoms with E-state index in [9.17, 15) is 27.7 Å². The summed E-state index contributed by atoms with van der Waals surface area (Å²) in [6, 6.07) is 1.76. The van der Waals surface area contributed by atoms with Crippen molar-refractivity contribution < 1.29 is 22.5 Å². The molecular formula is C11H10ClFN2O5S. The summed E-state index contributed by atoms with van der Waals surface area (Å²) in [7, 11) is -3.33. The van der Waals surface area contributed by atoms with Gasteiger partial charge in [0.1, 0.15) is 5.82 Å². The molecule has 0 spiro atoms. The van der Waals surface area contributed by atoms with E-state index in [0.29, 0.717) is 6.07 Å². The van der Waals surface area contributed by atoms with Gasteiger partial charge in [-0.15, -0.1) is 11.6 Å². The molecule has 1 aliphatic heterocycles. The van der Waals surface area contributed by atoms with Crippen LogP contribution in [0, 0.1) is 15.9 Å². The lowest BCUT2D eigenvalue weighted by molar-refractivity contribution is -0.385. The van der Waals surface area contributed by atoms with Crippen molar-refractivity contribution in [2.45, 2.75) is 11.4 Å². The van der Waals surface area contributed by atoms with E-state index in [0.717, 1.165) is 12.1 Å². The molecule has 2 atom stereocenters. The normalized spacial score (nSPS) is 23.7. The molecule has 1 N–H and O–H groups in total. The summed E-state index contributed by atoms with van der Waals surface area (Å²) in [5.74, 6) is -2.51. The minimum Gasteiger partial charge on any atom is -0.347 e. The Morgan fingerprint density at radius 3 is 2.57 bits per heavy atom. The summed E-state index contributed by atoms with van der Waals surface area (Å²) in [5, 5.41) is 12.0. The van der Waals surface area contributed by atoms with Gasteiger partial charge < -0.3 is 5.32 Å². The number of nitrogens with zero attached hydrogens (tertiary/aromatic N) is 1. The number of halogens is 2. The molecule has 0 radical (unpaired) electrons. The zero-order chi connectivity index (χ0) is 15.8. The molecule has 7 nitrogen and oxygen atoms in total. The molecule has 1 fully saturated rings. The number of sulfone groups is 1. The minimum atomic E-state index is -3.33. The summed E-state index contributed by atoms with van der Waals surface area (Å²) in [6.07, 6.45) is 0. The van der Waals surface area contributed by atoms with Crippen molar-refractivity contribution in [3.05, 3.63) is 39.7 Å². The van der Waals surface area contributed by atoms with Crippen LogP contribution in [0.4, 0.5) is 10.1 Å². The maximum atomic E-state index is 13.7. The Labute approximate surface area is 124 Å². The first-order valence-electron chi connectivity index (χ1n) is 5.79. The Hall–Kier alpha value is -1.74. The van der Waals surface area contributed by atoms with Crippen LogP contribution in [0.2, 0.25) is 0 Å². The molecule has 0 aliphatic carbocycles. The Morgan fingerprint density at radius 2 is 2.10 bits per heavy atom. The molecular weight excluding hydrogens is 327 g/mol. The Bertz CT molecular complexity index is 709. The fourth-order valence-electron chi connectivity index (χ4n) is 1.98. The molecule has 0 aromatic heterocycles. The number of rotatable bonds is 3. The van der Waals surface area contributed by atoms with Gasteiger partial charge in [0.05, 0.1) is 39.5 Å². The van der Waals surface area contributed by atoms with E-state index in [2.05, 4.69) is 5.32 Å². The molecule has 2 rings (SSSR count). The zero-order valence-corrected chi connectivity index (χ0v) is 12.0. The van der Waals surface area contributed by atoms with Gasteiger partial charge in [-0.2, -0.15) is 0 Å². The van der Waals surface area contributed by atoms with Crippen LogP contribution >= 0.6 is 11.6 Å². The molecule has 0 bridgehead atoms. The summed E-state index contributed by atoms with van der Waals surface area (Å²) >= 11 is 5.82. The van der Waals surface area contributed by atoms with Crippen molar-refractivity contribution in [1.82, 2.24) is 5.32 Å². The minimum absolute atomic E-state index is 0.262. The van der Waals surface area contributed by atoms with Gasteiger partial charge in [0.15, 0.2) is 9.84 Å². The van der Waals surface area contributed by atoms with Crippen molar-refractivity contribution in [2.75, 3.05) is 11.5 Å². The maximum absolute atomic E-state index is 13.7. The molecule has 0 saturated carbocycles. The number of nitrogens with one attached hydrogen (secondary N) is 1. The van der Waals surface area contributed by atoms with E-state index >= 15 is 0 Å². The number of hydrogen-bond donors (Lipinski definition) is 1. The predicted molar refractivity (Wildman–Crippen MR) is 72.6 cm³/mol. The average molecular weight is 337 g/mol. The van der Waals surface area contributed by atoms with Gasteiger partial charge in [-0.3, -0.25) is 14.9 Å². The van der Waals surface area contributed by atoms with E-state index in [4.69, 9.17) is 11.6 Å². The van der Waals surface area contributed by atoms with Crippen molar-refractivity contribution in [3.63, 3.8) is 0 Å². The Morgan fingerprint density at radius 1 is 1.43 bits per heavy atom. The third-order valence-corrected chi connectivity index (χ3v) is 5.38. The quantitative estimate of drug-likeness (QED) is 0.500. The summed E-state index contributed by atoms with van der Waals surface area (Å²) in [6.45, 7) is 0. The van der Waals surface area contributed by atoms with Gasteiger partial charge in [0.2, 0.25) is 0 Å². The lowest BCUT2D eigenvalue weighted by atomic mass is 10.1. The van der Waals surface area contributed by atoms with E-state index < -0.39 is 49.2 Å². The van der Waals surface area contributed by atoms with Crippen LogP contribution in [0.5, 0.6) is 0 Å². The second-order valence-corrected chi connectivity index (χ2v) is 7.31. The number of hydrogen-bond acceptors (Lipinski definition) is 5. The number of non-ortho nitro benzene ring substituents is 1. The average Bonchev–Trinajstić information content (AvgIpc) is 2.61. The summed E-state index contributed by atoms with van der Waals surface area (Å²) < 4.78 is 36.4. The van der Waals surface area contributed by atoms with Gasteiger partial charge >= 0.3 is 0 Å². The lowest BCUT2D eigenvalue weighted by Gasteiger charge is -2.14. The van der Waals surface area contributed by atoms with Gasteiger partial charge in [-0.1, -0.05) is 0 Å². The van der Waals surface area contributed by atoms with E-state index in [1.54, 1.807) is 0 Å². The third kappa shape index (κ3) is 3.48. The first-order chi connectivity index (χ1) is 9.69. The van der Waals surface area contributed by atoms with Crippen molar-refractivity contribution in [2.24, 2.45) is 0 Å². The van der Waals surface area contributed by atoms with Crippen molar-refractivity contribution in [3.8, 4) is 0 Å². The molecule has 1 aromatic carbocycles. The number of carbonyl (C=O) groups is 1. The number of nitro benzene ring substituents is 1. The van der Waals surface area contributed by atoms with Gasteiger partial charge in [0, 0.05) is 6.07 Å². The Balaban J connectivity index is 2.16. The lowest BCUT2D eigenvalue weighted by Crippen LogP contribution is -2.40. The number of carbonyl (C=O) groups excluding carboxylic acids is 1. The van der Waals surface area contributed by atoms with Crippen LogP contribution in [-0.4, -0.2) is 42.2 Å². The highest BCUT2D eigenvalue weighted by atomic mass is 35.5. The molecule has 10 heteroatoms. The van der Waals surface area contributed by atoms with Crippen LogP contribution in [0.3, 0.4) is 0 Å². The summed E-state index contributed by atoms with van der Waals surface area (Å²) in [5.41, 5.74) is -0.892. The number of nitro groups is 1. The summed E-state index contributed by atoms with van der Waals surface area (Å²) in [4.78, 5) is 21.6. The monoisotopic (exact) mass is 336 g/mol. The first-order valence-corrected chi connectivity index (χ1v) is 8.05. The second kappa shape index (κ2) is 5.57. The fraction of sp³-hybridized carbons (Fsp3) is 0.364. The number of amides is 1. The maximum Gasteiger partial charge on any atom is 0.272 e. The number of alkyl halides is 1. The van der Waals surface area contributed by atoms with E-state index in [1.165, 1.54) is 0 Å². The Kier molecular flexibility index (Phi) is 4.15. The van der Waals surface area contributed by atoms with Crippen LogP contribution in [0.25, 0.3) is 0 Å². The van der Waals surface area contributed by atoms with Crippen LogP contribution in [-0.2, 0) is 9.84 Å². The smallest absolute Gasteiger partial charge is 0.272 e. The molecule has 114 valence electrons. The van der Waals surface area contributed by atoms with Crippen LogP contribution < -0.4 is 5.32 Å². The highest BCUT2D eigenvalue weighted by Gasteiger charge is 2.37.